The average Bonchev–Trinajstić information content (AvgIpc) is 3.36. The first kappa shape index (κ1) is 18.9. The molecule has 0 fully saturated rings. The van der Waals surface area contributed by atoms with Gasteiger partial charge in [0.1, 0.15) is 17.3 Å². The van der Waals surface area contributed by atoms with Gasteiger partial charge in [-0.3, -0.25) is 9.69 Å². The lowest BCUT2D eigenvalue weighted by Gasteiger charge is -2.20. The minimum absolute atomic E-state index is 0.0651. The van der Waals surface area contributed by atoms with Crippen molar-refractivity contribution >= 4 is 5.91 Å². The second kappa shape index (κ2) is 8.32. The first-order valence-electron chi connectivity index (χ1n) is 10.6. The van der Waals surface area contributed by atoms with Crippen molar-refractivity contribution in [2.45, 2.75) is 32.5 Å². The molecule has 30 heavy (non-hydrogen) atoms. The summed E-state index contributed by atoms with van der Waals surface area (Å²) in [6.07, 6.45) is 3.56. The van der Waals surface area contributed by atoms with Crippen LogP contribution in [0.15, 0.2) is 54.7 Å². The molecule has 2 aliphatic rings. The second-order valence-electron chi connectivity index (χ2n) is 7.95. The van der Waals surface area contributed by atoms with Crippen LogP contribution in [-0.2, 0) is 32.5 Å². The molecule has 1 amide bonds. The monoisotopic (exact) mass is 402 g/mol. The molecule has 5 rings (SSSR count). The molecule has 0 saturated heterocycles. The van der Waals surface area contributed by atoms with E-state index in [0.29, 0.717) is 12.2 Å². The second-order valence-corrected chi connectivity index (χ2v) is 7.95. The molecule has 1 N–H and O–H groups in total. The number of benzene rings is 2. The third kappa shape index (κ3) is 3.96. The fourth-order valence-electron chi connectivity index (χ4n) is 4.28. The number of aromatic nitrogens is 2. The van der Waals surface area contributed by atoms with Crippen molar-refractivity contribution in [2.75, 3.05) is 19.7 Å². The topological polar surface area (TPSA) is 59.4 Å². The lowest BCUT2D eigenvalue weighted by molar-refractivity contribution is 0.0940. The Morgan fingerprint density at radius 3 is 2.83 bits per heavy atom. The Hall–Kier alpha value is -3.12. The lowest BCUT2D eigenvalue weighted by atomic mass is 10.1. The molecule has 0 bridgehead atoms. The Bertz CT molecular complexity index is 1040. The maximum atomic E-state index is 12.7. The number of carbonyl (C=O) groups is 1. The van der Waals surface area contributed by atoms with E-state index in [9.17, 15) is 4.79 Å². The third-order valence-corrected chi connectivity index (χ3v) is 5.92. The number of ether oxygens (including phenoxy) is 1. The quantitative estimate of drug-likeness (QED) is 0.713. The van der Waals surface area contributed by atoms with Crippen LogP contribution in [0.4, 0.5) is 0 Å². The van der Waals surface area contributed by atoms with E-state index in [4.69, 9.17) is 4.74 Å². The normalized spacial score (nSPS) is 15.7. The molecule has 6 nitrogen and oxygen atoms in total. The number of rotatable bonds is 5. The van der Waals surface area contributed by atoms with E-state index in [1.54, 1.807) is 6.20 Å². The van der Waals surface area contributed by atoms with Crippen LogP contribution in [-0.4, -0.2) is 40.1 Å². The Kier molecular flexibility index (Phi) is 5.24. The molecule has 1 aromatic heterocycles. The molecule has 2 aromatic carbocycles. The molecule has 6 heteroatoms. The van der Waals surface area contributed by atoms with Gasteiger partial charge in [0.25, 0.3) is 5.91 Å². The Balaban J connectivity index is 1.22. The molecule has 3 heterocycles. The Morgan fingerprint density at radius 2 is 1.93 bits per heavy atom. The number of amides is 1. The van der Waals surface area contributed by atoms with Crippen molar-refractivity contribution in [1.82, 2.24) is 19.8 Å². The summed E-state index contributed by atoms with van der Waals surface area (Å²) >= 11 is 0. The van der Waals surface area contributed by atoms with E-state index in [1.165, 1.54) is 11.1 Å². The van der Waals surface area contributed by atoms with E-state index in [-0.39, 0.29) is 5.91 Å². The van der Waals surface area contributed by atoms with Crippen molar-refractivity contribution in [2.24, 2.45) is 0 Å². The average molecular weight is 402 g/mol. The molecule has 3 aromatic rings. The first-order chi connectivity index (χ1) is 14.8. The molecule has 0 spiro atoms. The molecule has 0 atom stereocenters. The van der Waals surface area contributed by atoms with Crippen LogP contribution in [0.1, 0.15) is 33.0 Å². The van der Waals surface area contributed by atoms with Gasteiger partial charge in [-0.15, -0.1) is 0 Å². The Labute approximate surface area is 176 Å². The van der Waals surface area contributed by atoms with Gasteiger partial charge in [0.15, 0.2) is 0 Å². The van der Waals surface area contributed by atoms with Crippen LogP contribution < -0.4 is 10.1 Å². The summed E-state index contributed by atoms with van der Waals surface area (Å²) in [5, 5.41) is 3.02. The van der Waals surface area contributed by atoms with Gasteiger partial charge in [-0.05, 0) is 22.8 Å². The zero-order valence-corrected chi connectivity index (χ0v) is 17.0. The van der Waals surface area contributed by atoms with Gasteiger partial charge in [0.2, 0.25) is 0 Å². The number of hydrogen-bond donors (Lipinski definition) is 1. The van der Waals surface area contributed by atoms with Crippen LogP contribution >= 0.6 is 0 Å². The van der Waals surface area contributed by atoms with Crippen LogP contribution in [0, 0.1) is 0 Å². The number of fused-ring (bicyclic) bond motifs is 2. The van der Waals surface area contributed by atoms with Crippen molar-refractivity contribution in [3.8, 4) is 5.75 Å². The maximum absolute atomic E-state index is 12.7. The number of hydrogen-bond acceptors (Lipinski definition) is 4. The summed E-state index contributed by atoms with van der Waals surface area (Å²) in [6, 6.07) is 16.5. The van der Waals surface area contributed by atoms with Crippen LogP contribution in [0.2, 0.25) is 0 Å². The fraction of sp³-hybridized carbons (Fsp3) is 0.333. The third-order valence-electron chi connectivity index (χ3n) is 5.92. The molecule has 154 valence electrons. The van der Waals surface area contributed by atoms with E-state index in [2.05, 4.69) is 38.0 Å². The zero-order chi connectivity index (χ0) is 20.3. The smallest absolute Gasteiger partial charge is 0.269 e. The predicted octanol–water partition coefficient (Wildman–Crippen LogP) is 2.81. The minimum Gasteiger partial charge on any atom is -0.493 e. The summed E-state index contributed by atoms with van der Waals surface area (Å²) in [5.41, 5.74) is 4.37. The Morgan fingerprint density at radius 1 is 1.03 bits per heavy atom. The van der Waals surface area contributed by atoms with Crippen LogP contribution in [0.25, 0.3) is 0 Å². The highest BCUT2D eigenvalue weighted by Gasteiger charge is 2.21. The zero-order valence-electron chi connectivity index (χ0n) is 17.0. The predicted molar refractivity (Wildman–Crippen MR) is 114 cm³/mol. The van der Waals surface area contributed by atoms with Crippen molar-refractivity contribution in [3.63, 3.8) is 0 Å². The van der Waals surface area contributed by atoms with Gasteiger partial charge in [-0.25, -0.2) is 4.98 Å². The standard InChI is InChI=1S/C24H26N4O2/c29-24(26-15-18-4-2-1-3-5-18)21-16-25-23-8-10-27(11-12-28(21)23)17-19-6-7-22-20(14-19)9-13-30-22/h1-7,14,16H,8-13,15,17H2,(H,26,29). The first-order valence-corrected chi connectivity index (χ1v) is 10.6. The SMILES string of the molecule is O=C(NCc1ccccc1)c1cnc2n1CCN(Cc1ccc3c(c1)CCO3)CC2. The van der Waals surface area contributed by atoms with Crippen molar-refractivity contribution in [3.05, 3.63) is 82.9 Å². The van der Waals surface area contributed by atoms with Gasteiger partial charge in [0, 0.05) is 45.6 Å². The molecular formula is C24H26N4O2. The fourth-order valence-corrected chi connectivity index (χ4v) is 4.28. The van der Waals surface area contributed by atoms with E-state index in [1.807, 2.05) is 30.3 Å². The number of nitrogens with one attached hydrogen (secondary N) is 1. The summed E-state index contributed by atoms with van der Waals surface area (Å²) in [4.78, 5) is 19.7. The van der Waals surface area contributed by atoms with E-state index in [0.717, 1.165) is 62.8 Å². The van der Waals surface area contributed by atoms with Gasteiger partial charge >= 0.3 is 0 Å². The number of carbonyl (C=O) groups excluding carboxylic acids is 1. The maximum Gasteiger partial charge on any atom is 0.269 e. The van der Waals surface area contributed by atoms with Gasteiger partial charge < -0.3 is 14.6 Å². The summed E-state index contributed by atoms with van der Waals surface area (Å²) < 4.78 is 7.70. The van der Waals surface area contributed by atoms with E-state index < -0.39 is 0 Å². The minimum atomic E-state index is -0.0651. The van der Waals surface area contributed by atoms with Crippen molar-refractivity contribution in [1.29, 1.82) is 0 Å². The molecule has 0 unspecified atom stereocenters. The lowest BCUT2D eigenvalue weighted by Crippen LogP contribution is -2.28. The largest absolute Gasteiger partial charge is 0.493 e. The van der Waals surface area contributed by atoms with Crippen LogP contribution in [0.3, 0.4) is 0 Å². The number of imidazole rings is 1. The van der Waals surface area contributed by atoms with Gasteiger partial charge in [0.05, 0.1) is 12.8 Å². The summed E-state index contributed by atoms with van der Waals surface area (Å²) in [7, 11) is 0. The van der Waals surface area contributed by atoms with Crippen molar-refractivity contribution < 1.29 is 9.53 Å². The highest BCUT2D eigenvalue weighted by atomic mass is 16.5. The molecule has 0 aliphatic carbocycles. The summed E-state index contributed by atoms with van der Waals surface area (Å²) in [5.74, 6) is 1.95. The molecular weight excluding hydrogens is 376 g/mol. The molecule has 0 radical (unpaired) electrons. The van der Waals surface area contributed by atoms with E-state index >= 15 is 0 Å². The highest BCUT2D eigenvalue weighted by molar-refractivity contribution is 5.92. The van der Waals surface area contributed by atoms with Gasteiger partial charge in [-0.2, -0.15) is 0 Å². The number of nitrogens with zero attached hydrogens (tertiary/aromatic N) is 3. The summed E-state index contributed by atoms with van der Waals surface area (Å²) in [6.45, 7) is 4.84. The molecule has 0 saturated carbocycles. The van der Waals surface area contributed by atoms with Crippen LogP contribution in [0.5, 0.6) is 5.75 Å². The highest BCUT2D eigenvalue weighted by Crippen LogP contribution is 2.26. The molecule has 2 aliphatic heterocycles. The van der Waals surface area contributed by atoms with Gasteiger partial charge in [-0.1, -0.05) is 42.5 Å².